The monoisotopic (exact) mass is 247 g/mol. The van der Waals surface area contributed by atoms with Crippen LogP contribution in [0.15, 0.2) is 35.4 Å². The van der Waals surface area contributed by atoms with Crippen LogP contribution in [0.3, 0.4) is 0 Å². The summed E-state index contributed by atoms with van der Waals surface area (Å²) in [5.41, 5.74) is 4.09. The second-order valence-electron chi connectivity index (χ2n) is 5.49. The highest BCUT2D eigenvalue weighted by atomic mass is 16.6. The molecule has 0 bridgehead atoms. The maximum absolute atomic E-state index is 11.3. The van der Waals surface area contributed by atoms with Crippen LogP contribution < -0.4 is 5.43 Å². The molecule has 0 saturated carbocycles. The molecule has 0 aromatic heterocycles. The van der Waals surface area contributed by atoms with Crippen molar-refractivity contribution in [1.82, 2.24) is 5.43 Å². The van der Waals surface area contributed by atoms with Crippen molar-refractivity contribution < 1.29 is 4.92 Å². The van der Waals surface area contributed by atoms with E-state index in [1.165, 1.54) is 0 Å². The molecule has 1 heterocycles. The number of hydrogen-bond donors (Lipinski definition) is 1. The first kappa shape index (κ1) is 12.5. The summed E-state index contributed by atoms with van der Waals surface area (Å²) >= 11 is 0. The number of rotatable bonds is 2. The highest BCUT2D eigenvalue weighted by molar-refractivity contribution is 5.94. The van der Waals surface area contributed by atoms with Crippen molar-refractivity contribution in [2.45, 2.75) is 32.9 Å². The molecule has 0 radical (unpaired) electrons. The quantitative estimate of drug-likeness (QED) is 0.644. The predicted octanol–water partition coefficient (Wildman–Crippen LogP) is 2.38. The van der Waals surface area contributed by atoms with Gasteiger partial charge in [-0.2, -0.15) is 5.10 Å². The van der Waals surface area contributed by atoms with E-state index in [0.717, 1.165) is 5.56 Å². The Morgan fingerprint density at radius 1 is 1.28 bits per heavy atom. The summed E-state index contributed by atoms with van der Waals surface area (Å²) in [5.74, 6) is 0. The minimum atomic E-state index is -0.799. The maximum Gasteiger partial charge on any atom is 0.278 e. The van der Waals surface area contributed by atoms with Crippen molar-refractivity contribution in [2.24, 2.45) is 10.5 Å². The van der Waals surface area contributed by atoms with Gasteiger partial charge in [0.05, 0.1) is 0 Å². The zero-order valence-electron chi connectivity index (χ0n) is 10.8. The summed E-state index contributed by atoms with van der Waals surface area (Å²) in [5, 5.41) is 15.5. The van der Waals surface area contributed by atoms with E-state index in [1.54, 1.807) is 0 Å². The molecule has 0 amide bonds. The van der Waals surface area contributed by atoms with Crippen LogP contribution in [-0.4, -0.2) is 16.7 Å². The summed E-state index contributed by atoms with van der Waals surface area (Å²) in [6.07, 6.45) is 0. The molecule has 0 fully saturated rings. The minimum Gasteiger partial charge on any atom is -0.295 e. The van der Waals surface area contributed by atoms with Crippen LogP contribution in [0.5, 0.6) is 0 Å². The number of hydrazone groups is 1. The fourth-order valence-electron chi connectivity index (χ4n) is 2.18. The third-order valence-electron chi connectivity index (χ3n) is 3.07. The topological polar surface area (TPSA) is 67.5 Å². The van der Waals surface area contributed by atoms with Gasteiger partial charge in [0.15, 0.2) is 0 Å². The number of nitro groups is 1. The molecular weight excluding hydrogens is 230 g/mol. The molecule has 0 spiro atoms. The normalized spacial score (nSPS) is 23.4. The lowest BCUT2D eigenvalue weighted by atomic mass is 9.83. The third kappa shape index (κ3) is 2.20. The Labute approximate surface area is 106 Å². The molecule has 2 atom stereocenters. The minimum absolute atomic E-state index is 0.248. The molecule has 1 aliphatic heterocycles. The van der Waals surface area contributed by atoms with E-state index in [-0.39, 0.29) is 16.4 Å². The largest absolute Gasteiger partial charge is 0.295 e. The van der Waals surface area contributed by atoms with Crippen molar-refractivity contribution in [2.75, 3.05) is 0 Å². The molecule has 1 N–H and O–H groups in total. The van der Waals surface area contributed by atoms with Crippen LogP contribution >= 0.6 is 0 Å². The highest BCUT2D eigenvalue weighted by Crippen LogP contribution is 2.31. The van der Waals surface area contributed by atoms with Crippen LogP contribution in [-0.2, 0) is 0 Å². The Balaban J connectivity index is 2.35. The Hall–Kier alpha value is -1.91. The molecule has 0 aliphatic carbocycles. The molecule has 18 heavy (non-hydrogen) atoms. The molecule has 1 aromatic carbocycles. The fraction of sp³-hybridized carbons (Fsp3) is 0.462. The standard InChI is InChI=1S/C13H17N3O2/c1-13(2,3)12-11(16(17)18)10(14-15-12)9-7-5-4-6-8-9/h4-8,10-11,14H,1-3H3. The molecular formula is C13H17N3O2. The zero-order chi connectivity index (χ0) is 13.3. The fourth-order valence-corrected chi connectivity index (χ4v) is 2.18. The van der Waals surface area contributed by atoms with E-state index in [1.807, 2.05) is 51.1 Å². The molecule has 2 rings (SSSR count). The van der Waals surface area contributed by atoms with E-state index in [9.17, 15) is 10.1 Å². The van der Waals surface area contributed by atoms with Gasteiger partial charge in [-0.05, 0) is 5.56 Å². The third-order valence-corrected chi connectivity index (χ3v) is 3.07. The van der Waals surface area contributed by atoms with Gasteiger partial charge in [0.2, 0.25) is 0 Å². The number of hydrogen-bond acceptors (Lipinski definition) is 4. The van der Waals surface area contributed by atoms with Crippen molar-refractivity contribution in [3.8, 4) is 0 Å². The van der Waals surface area contributed by atoms with Gasteiger partial charge in [-0.25, -0.2) is 0 Å². The number of benzene rings is 1. The molecule has 1 aliphatic rings. The second-order valence-corrected chi connectivity index (χ2v) is 5.49. The lowest BCUT2D eigenvalue weighted by Gasteiger charge is -2.21. The van der Waals surface area contributed by atoms with Crippen LogP contribution in [0.1, 0.15) is 32.4 Å². The average Bonchev–Trinajstić information content (AvgIpc) is 2.74. The van der Waals surface area contributed by atoms with Crippen LogP contribution in [0.25, 0.3) is 0 Å². The second kappa shape index (κ2) is 4.40. The smallest absolute Gasteiger partial charge is 0.278 e. The summed E-state index contributed by atoms with van der Waals surface area (Å²) in [6.45, 7) is 5.83. The van der Waals surface area contributed by atoms with Crippen LogP contribution in [0, 0.1) is 15.5 Å². The molecule has 5 nitrogen and oxygen atoms in total. The molecule has 5 heteroatoms. The van der Waals surface area contributed by atoms with Gasteiger partial charge in [-0.3, -0.25) is 15.5 Å². The highest BCUT2D eigenvalue weighted by Gasteiger charge is 2.46. The Morgan fingerprint density at radius 2 is 1.89 bits per heavy atom. The summed E-state index contributed by atoms with van der Waals surface area (Å²) in [4.78, 5) is 11.1. The average molecular weight is 247 g/mol. The molecule has 96 valence electrons. The molecule has 2 unspecified atom stereocenters. The van der Waals surface area contributed by atoms with Gasteiger partial charge in [0.25, 0.3) is 6.04 Å². The van der Waals surface area contributed by atoms with Crippen molar-refractivity contribution >= 4 is 5.71 Å². The van der Waals surface area contributed by atoms with E-state index in [4.69, 9.17) is 0 Å². The summed E-state index contributed by atoms with van der Waals surface area (Å²) in [7, 11) is 0. The van der Waals surface area contributed by atoms with Gasteiger partial charge in [0, 0.05) is 10.3 Å². The summed E-state index contributed by atoms with van der Waals surface area (Å²) in [6, 6.07) is 8.24. The van der Waals surface area contributed by atoms with Gasteiger partial charge >= 0.3 is 0 Å². The van der Waals surface area contributed by atoms with Gasteiger partial charge in [0.1, 0.15) is 11.8 Å². The maximum atomic E-state index is 11.3. The van der Waals surface area contributed by atoms with Gasteiger partial charge in [-0.15, -0.1) is 0 Å². The van der Waals surface area contributed by atoms with Crippen molar-refractivity contribution in [3.05, 3.63) is 46.0 Å². The first-order valence-electron chi connectivity index (χ1n) is 5.93. The van der Waals surface area contributed by atoms with E-state index < -0.39 is 6.04 Å². The lowest BCUT2D eigenvalue weighted by molar-refractivity contribution is -0.507. The van der Waals surface area contributed by atoms with E-state index >= 15 is 0 Å². The number of nitrogens with zero attached hydrogens (tertiary/aromatic N) is 2. The van der Waals surface area contributed by atoms with Gasteiger partial charge in [-0.1, -0.05) is 51.1 Å². The van der Waals surface area contributed by atoms with Gasteiger partial charge < -0.3 is 0 Å². The van der Waals surface area contributed by atoms with Crippen molar-refractivity contribution in [1.29, 1.82) is 0 Å². The SMILES string of the molecule is CC(C)(C)C1=NNC(c2ccccc2)C1[N+](=O)[O-]. The Bertz CT molecular complexity index is 477. The molecule has 1 aromatic rings. The number of nitrogens with one attached hydrogen (secondary N) is 1. The zero-order valence-corrected chi connectivity index (χ0v) is 10.8. The Kier molecular flexibility index (Phi) is 3.07. The van der Waals surface area contributed by atoms with E-state index in [2.05, 4.69) is 10.5 Å². The van der Waals surface area contributed by atoms with Crippen LogP contribution in [0.2, 0.25) is 0 Å². The lowest BCUT2D eigenvalue weighted by Crippen LogP contribution is -2.39. The predicted molar refractivity (Wildman–Crippen MR) is 70.0 cm³/mol. The first-order chi connectivity index (χ1) is 8.41. The Morgan fingerprint density at radius 3 is 2.39 bits per heavy atom. The first-order valence-corrected chi connectivity index (χ1v) is 5.93. The van der Waals surface area contributed by atoms with Crippen LogP contribution in [0.4, 0.5) is 0 Å². The molecule has 0 saturated heterocycles. The van der Waals surface area contributed by atoms with Crippen molar-refractivity contribution in [3.63, 3.8) is 0 Å². The van der Waals surface area contributed by atoms with E-state index in [0.29, 0.717) is 5.71 Å². The summed E-state index contributed by atoms with van der Waals surface area (Å²) < 4.78 is 0.